The quantitative estimate of drug-likeness (QED) is 0.834. The topological polar surface area (TPSA) is 67.4 Å². The normalized spacial score (nSPS) is 20.2. The van der Waals surface area contributed by atoms with Gasteiger partial charge < -0.3 is 10.1 Å². The van der Waals surface area contributed by atoms with E-state index in [1.54, 1.807) is 0 Å². The lowest BCUT2D eigenvalue weighted by atomic mass is 10.0. The molecular weight excluding hydrogens is 296 g/mol. The monoisotopic (exact) mass is 318 g/mol. The molecule has 1 aromatic heterocycles. The van der Waals surface area contributed by atoms with Gasteiger partial charge >= 0.3 is 0 Å². The third-order valence-corrected chi connectivity index (χ3v) is 6.30. The van der Waals surface area contributed by atoms with Crippen molar-refractivity contribution in [3.63, 3.8) is 0 Å². The Morgan fingerprint density at radius 3 is 2.95 bits per heavy atom. The van der Waals surface area contributed by atoms with Crippen molar-refractivity contribution in [2.24, 2.45) is 5.92 Å². The fourth-order valence-corrected chi connectivity index (χ4v) is 5.33. The van der Waals surface area contributed by atoms with Crippen molar-refractivity contribution in [1.29, 1.82) is 0 Å². The summed E-state index contributed by atoms with van der Waals surface area (Å²) >= 11 is 1.48. The van der Waals surface area contributed by atoms with Gasteiger partial charge in [0.25, 0.3) is 0 Å². The molecule has 20 heavy (non-hydrogen) atoms. The summed E-state index contributed by atoms with van der Waals surface area (Å²) < 4.78 is 33.1. The van der Waals surface area contributed by atoms with Gasteiger partial charge in [-0.15, -0.1) is 11.3 Å². The lowest BCUT2D eigenvalue weighted by molar-refractivity contribution is 0.0568. The minimum Gasteiger partial charge on any atom is -0.381 e. The fourth-order valence-electron chi connectivity index (χ4n) is 2.40. The Balaban J connectivity index is 2.07. The molecule has 2 N–H and O–H groups in total. The van der Waals surface area contributed by atoms with E-state index in [9.17, 15) is 8.42 Å². The van der Waals surface area contributed by atoms with Gasteiger partial charge in [0.15, 0.2) is 0 Å². The van der Waals surface area contributed by atoms with Crippen molar-refractivity contribution in [2.45, 2.75) is 31.2 Å². The maximum atomic E-state index is 12.5. The zero-order chi connectivity index (χ0) is 14.6. The summed E-state index contributed by atoms with van der Waals surface area (Å²) in [5.74, 6) is 0.283. The summed E-state index contributed by atoms with van der Waals surface area (Å²) in [6.45, 7) is 4.31. The molecule has 0 aromatic carbocycles. The van der Waals surface area contributed by atoms with Crippen LogP contribution in [0.4, 0.5) is 0 Å². The van der Waals surface area contributed by atoms with Crippen molar-refractivity contribution in [3.05, 3.63) is 15.8 Å². The van der Waals surface area contributed by atoms with E-state index in [1.165, 1.54) is 11.3 Å². The number of sulfonamides is 1. The lowest BCUT2D eigenvalue weighted by Crippen LogP contribution is -2.33. The minimum absolute atomic E-state index is 0.283. The number of rotatable bonds is 6. The molecule has 1 aromatic rings. The van der Waals surface area contributed by atoms with Crippen LogP contribution in [0, 0.1) is 12.8 Å². The highest BCUT2D eigenvalue weighted by Crippen LogP contribution is 2.27. The summed E-state index contributed by atoms with van der Waals surface area (Å²) in [5, 5.41) is 4.91. The Morgan fingerprint density at radius 1 is 1.50 bits per heavy atom. The number of hydrogen-bond donors (Lipinski definition) is 2. The fraction of sp³-hybridized carbons (Fsp3) is 0.692. The molecule has 0 saturated carbocycles. The summed E-state index contributed by atoms with van der Waals surface area (Å²) in [6, 6.07) is 0. The van der Waals surface area contributed by atoms with Crippen LogP contribution in [0.5, 0.6) is 0 Å². The highest BCUT2D eigenvalue weighted by molar-refractivity contribution is 7.89. The van der Waals surface area contributed by atoms with Crippen LogP contribution < -0.4 is 10.0 Å². The van der Waals surface area contributed by atoms with Gasteiger partial charge in [-0.1, -0.05) is 0 Å². The van der Waals surface area contributed by atoms with Crippen molar-refractivity contribution >= 4 is 21.4 Å². The Bertz CT molecular complexity index is 534. The molecule has 0 aliphatic carbocycles. The van der Waals surface area contributed by atoms with E-state index >= 15 is 0 Å². The average Bonchev–Trinajstić information content (AvgIpc) is 2.80. The van der Waals surface area contributed by atoms with Crippen LogP contribution in [0.1, 0.15) is 23.3 Å². The third kappa shape index (κ3) is 3.79. The Kier molecular flexibility index (Phi) is 5.57. The van der Waals surface area contributed by atoms with E-state index in [-0.39, 0.29) is 5.92 Å². The van der Waals surface area contributed by atoms with E-state index in [1.807, 2.05) is 19.4 Å². The molecule has 2 heterocycles. The van der Waals surface area contributed by atoms with E-state index in [2.05, 4.69) is 10.0 Å². The number of hydrogen-bond acceptors (Lipinski definition) is 5. The Hall–Kier alpha value is -0.470. The van der Waals surface area contributed by atoms with Crippen molar-refractivity contribution in [1.82, 2.24) is 10.0 Å². The van der Waals surface area contributed by atoms with Crippen molar-refractivity contribution in [2.75, 3.05) is 26.8 Å². The van der Waals surface area contributed by atoms with E-state index in [0.717, 1.165) is 29.9 Å². The van der Waals surface area contributed by atoms with Crippen LogP contribution in [-0.4, -0.2) is 35.2 Å². The van der Waals surface area contributed by atoms with Gasteiger partial charge in [-0.05, 0) is 43.7 Å². The molecule has 1 unspecified atom stereocenters. The van der Waals surface area contributed by atoms with Crippen LogP contribution in [0.3, 0.4) is 0 Å². The van der Waals surface area contributed by atoms with Gasteiger partial charge in [-0.3, -0.25) is 0 Å². The average molecular weight is 318 g/mol. The molecule has 0 bridgehead atoms. The molecule has 0 amide bonds. The second kappa shape index (κ2) is 7.00. The SMILES string of the molecule is CNCc1scc(C)c1S(=O)(=O)NCC1CCCOC1. The molecule has 1 saturated heterocycles. The van der Waals surface area contributed by atoms with Crippen molar-refractivity contribution in [3.8, 4) is 0 Å². The molecule has 5 nitrogen and oxygen atoms in total. The highest BCUT2D eigenvalue weighted by Gasteiger charge is 2.24. The number of aryl methyl sites for hydroxylation is 1. The summed E-state index contributed by atoms with van der Waals surface area (Å²) in [6.07, 6.45) is 2.03. The first-order valence-corrected chi connectivity index (χ1v) is 9.20. The van der Waals surface area contributed by atoms with Crippen LogP contribution in [0.25, 0.3) is 0 Å². The molecule has 7 heteroatoms. The molecule has 1 aliphatic heterocycles. The van der Waals surface area contributed by atoms with E-state index in [0.29, 0.717) is 24.6 Å². The first-order valence-electron chi connectivity index (χ1n) is 6.83. The van der Waals surface area contributed by atoms with Gasteiger partial charge in [-0.2, -0.15) is 0 Å². The van der Waals surface area contributed by atoms with Crippen LogP contribution in [0.2, 0.25) is 0 Å². The van der Waals surface area contributed by atoms with Gasteiger partial charge in [0.2, 0.25) is 10.0 Å². The smallest absolute Gasteiger partial charge is 0.241 e. The van der Waals surface area contributed by atoms with E-state index < -0.39 is 10.0 Å². The molecular formula is C13H22N2O3S2. The third-order valence-electron chi connectivity index (χ3n) is 3.41. The van der Waals surface area contributed by atoms with Gasteiger partial charge in [0.1, 0.15) is 4.90 Å². The first kappa shape index (κ1) is 15.9. The molecule has 1 atom stereocenters. The molecule has 1 fully saturated rings. The van der Waals surface area contributed by atoms with Gasteiger partial charge in [-0.25, -0.2) is 13.1 Å². The Morgan fingerprint density at radius 2 is 2.30 bits per heavy atom. The lowest BCUT2D eigenvalue weighted by Gasteiger charge is -2.22. The molecule has 0 spiro atoms. The maximum absolute atomic E-state index is 12.5. The predicted octanol–water partition coefficient (Wildman–Crippen LogP) is 1.48. The maximum Gasteiger partial charge on any atom is 0.241 e. The second-order valence-electron chi connectivity index (χ2n) is 5.14. The van der Waals surface area contributed by atoms with E-state index in [4.69, 9.17) is 4.74 Å². The summed E-state index contributed by atoms with van der Waals surface area (Å²) in [4.78, 5) is 1.30. The van der Waals surface area contributed by atoms with Crippen LogP contribution in [0.15, 0.2) is 10.3 Å². The second-order valence-corrected chi connectivity index (χ2v) is 7.80. The van der Waals surface area contributed by atoms with Gasteiger partial charge in [0, 0.05) is 24.6 Å². The molecule has 2 rings (SSSR count). The minimum atomic E-state index is -3.43. The first-order chi connectivity index (χ1) is 9.54. The van der Waals surface area contributed by atoms with Gasteiger partial charge in [0.05, 0.1) is 6.61 Å². The number of thiophene rings is 1. The standard InChI is InChI=1S/C13H22N2O3S2/c1-10-9-19-12(7-14-2)13(10)20(16,17)15-6-11-4-3-5-18-8-11/h9,11,14-15H,3-8H2,1-2H3. The zero-order valence-electron chi connectivity index (χ0n) is 11.9. The molecule has 0 radical (unpaired) electrons. The summed E-state index contributed by atoms with van der Waals surface area (Å²) in [5.41, 5.74) is 0.813. The Labute approximate surface area is 124 Å². The largest absolute Gasteiger partial charge is 0.381 e. The zero-order valence-corrected chi connectivity index (χ0v) is 13.6. The summed E-state index contributed by atoms with van der Waals surface area (Å²) in [7, 11) is -1.62. The molecule has 114 valence electrons. The van der Waals surface area contributed by atoms with Crippen LogP contribution >= 0.6 is 11.3 Å². The predicted molar refractivity (Wildman–Crippen MR) is 80.6 cm³/mol. The number of nitrogens with one attached hydrogen (secondary N) is 2. The highest BCUT2D eigenvalue weighted by atomic mass is 32.2. The molecule has 1 aliphatic rings. The van der Waals surface area contributed by atoms with Crippen molar-refractivity contribution < 1.29 is 13.2 Å². The number of ether oxygens (including phenoxy) is 1. The van der Waals surface area contributed by atoms with Crippen LogP contribution in [-0.2, 0) is 21.3 Å².